The molecule has 1 fully saturated rings. The van der Waals surface area contributed by atoms with E-state index in [1.165, 1.54) is 7.11 Å². The minimum atomic E-state index is -0.840. The third-order valence-corrected chi connectivity index (χ3v) is 3.60. The highest BCUT2D eigenvalue weighted by Gasteiger charge is 2.35. The molecule has 1 aromatic rings. The van der Waals surface area contributed by atoms with Crippen LogP contribution in [0.5, 0.6) is 5.75 Å². The van der Waals surface area contributed by atoms with Gasteiger partial charge in [-0.25, -0.2) is 4.39 Å². The van der Waals surface area contributed by atoms with Crippen molar-refractivity contribution in [3.8, 4) is 5.75 Å². The Bertz CT molecular complexity index is 408. The molecule has 1 N–H and O–H groups in total. The molecule has 3 atom stereocenters. The van der Waals surface area contributed by atoms with Crippen LogP contribution in [0.4, 0.5) is 4.39 Å². The van der Waals surface area contributed by atoms with Gasteiger partial charge in [0.05, 0.1) is 19.3 Å². The van der Waals surface area contributed by atoms with Gasteiger partial charge in [0.25, 0.3) is 0 Å². The molecule has 2 rings (SSSR count). The van der Waals surface area contributed by atoms with Gasteiger partial charge in [0, 0.05) is 18.1 Å². The highest BCUT2D eigenvalue weighted by Crippen LogP contribution is 2.37. The molecule has 1 heterocycles. The lowest BCUT2D eigenvalue weighted by molar-refractivity contribution is 0.0291. The van der Waals surface area contributed by atoms with Crippen LogP contribution in [-0.4, -0.2) is 24.9 Å². The molecule has 1 aliphatic heterocycles. The van der Waals surface area contributed by atoms with Gasteiger partial charge in [0.15, 0.2) is 11.6 Å². The lowest BCUT2D eigenvalue weighted by Gasteiger charge is -2.23. The monoisotopic (exact) mass is 254 g/mol. The number of hydrogen-bond donors (Lipinski definition) is 1. The first-order valence-corrected chi connectivity index (χ1v) is 6.31. The molecule has 100 valence electrons. The summed E-state index contributed by atoms with van der Waals surface area (Å²) in [6.45, 7) is 2.64. The molecule has 3 unspecified atom stereocenters. The maximum atomic E-state index is 14.1. The SMILES string of the molecule is CCC1OCCC1C(O)c1cccc(OC)c1F. The molecular weight excluding hydrogens is 235 g/mol. The van der Waals surface area contributed by atoms with Crippen LogP contribution < -0.4 is 4.74 Å². The van der Waals surface area contributed by atoms with Crippen molar-refractivity contribution in [3.63, 3.8) is 0 Å². The Balaban J connectivity index is 2.25. The second-order valence-corrected chi connectivity index (χ2v) is 4.58. The van der Waals surface area contributed by atoms with Crippen LogP contribution in [0.3, 0.4) is 0 Å². The standard InChI is InChI=1S/C14H19FO3/c1-3-11-9(7-8-18-11)14(16)10-5-4-6-12(17-2)13(10)15/h4-6,9,11,14,16H,3,7-8H2,1-2H3. The van der Waals surface area contributed by atoms with E-state index in [4.69, 9.17) is 9.47 Å². The largest absolute Gasteiger partial charge is 0.494 e. The summed E-state index contributed by atoms with van der Waals surface area (Å²) in [5.74, 6) is -0.357. The number of halogens is 1. The van der Waals surface area contributed by atoms with Crippen molar-refractivity contribution in [2.75, 3.05) is 13.7 Å². The summed E-state index contributed by atoms with van der Waals surface area (Å²) in [5, 5.41) is 10.3. The highest BCUT2D eigenvalue weighted by atomic mass is 19.1. The molecule has 18 heavy (non-hydrogen) atoms. The van der Waals surface area contributed by atoms with E-state index in [1.54, 1.807) is 18.2 Å². The molecule has 3 nitrogen and oxygen atoms in total. The minimum Gasteiger partial charge on any atom is -0.494 e. The molecule has 0 radical (unpaired) electrons. The van der Waals surface area contributed by atoms with Crippen molar-refractivity contribution in [1.82, 2.24) is 0 Å². The van der Waals surface area contributed by atoms with E-state index in [2.05, 4.69) is 0 Å². The van der Waals surface area contributed by atoms with Crippen LogP contribution in [0.25, 0.3) is 0 Å². The van der Waals surface area contributed by atoms with Crippen LogP contribution in [-0.2, 0) is 4.74 Å². The summed E-state index contributed by atoms with van der Waals surface area (Å²) in [7, 11) is 1.42. The summed E-state index contributed by atoms with van der Waals surface area (Å²) in [4.78, 5) is 0. The summed E-state index contributed by atoms with van der Waals surface area (Å²) < 4.78 is 24.6. The average Bonchev–Trinajstić information content (AvgIpc) is 2.86. The fraction of sp³-hybridized carbons (Fsp3) is 0.571. The smallest absolute Gasteiger partial charge is 0.170 e. The van der Waals surface area contributed by atoms with E-state index in [0.29, 0.717) is 12.2 Å². The summed E-state index contributed by atoms with van der Waals surface area (Å²) in [6, 6.07) is 4.85. The van der Waals surface area contributed by atoms with Gasteiger partial charge in [-0.2, -0.15) is 0 Å². The molecule has 0 amide bonds. The van der Waals surface area contributed by atoms with Crippen molar-refractivity contribution in [1.29, 1.82) is 0 Å². The molecule has 0 spiro atoms. The first-order chi connectivity index (χ1) is 8.69. The number of ether oxygens (including phenoxy) is 2. The first-order valence-electron chi connectivity index (χ1n) is 6.31. The molecule has 0 saturated carbocycles. The third kappa shape index (κ3) is 2.35. The van der Waals surface area contributed by atoms with Gasteiger partial charge in [-0.3, -0.25) is 0 Å². The van der Waals surface area contributed by atoms with Crippen molar-refractivity contribution in [2.24, 2.45) is 5.92 Å². The Kier molecular flexibility index (Phi) is 4.19. The van der Waals surface area contributed by atoms with Gasteiger partial charge >= 0.3 is 0 Å². The quantitative estimate of drug-likeness (QED) is 0.897. The molecular formula is C14H19FO3. The van der Waals surface area contributed by atoms with Crippen LogP contribution in [0.1, 0.15) is 31.4 Å². The lowest BCUT2D eigenvalue weighted by atomic mass is 9.88. The number of hydrogen-bond acceptors (Lipinski definition) is 3. The Morgan fingerprint density at radius 3 is 3.00 bits per heavy atom. The molecule has 0 bridgehead atoms. The Labute approximate surface area is 107 Å². The second kappa shape index (κ2) is 5.67. The zero-order chi connectivity index (χ0) is 13.1. The van der Waals surface area contributed by atoms with Gasteiger partial charge in [-0.05, 0) is 18.9 Å². The Morgan fingerprint density at radius 2 is 2.33 bits per heavy atom. The van der Waals surface area contributed by atoms with Crippen molar-refractivity contribution < 1.29 is 19.0 Å². The fourth-order valence-electron chi connectivity index (χ4n) is 2.59. The van der Waals surface area contributed by atoms with Gasteiger partial charge in [-0.15, -0.1) is 0 Å². The van der Waals surface area contributed by atoms with Crippen molar-refractivity contribution >= 4 is 0 Å². The number of rotatable bonds is 4. The van der Waals surface area contributed by atoms with Crippen LogP contribution in [0.2, 0.25) is 0 Å². The molecule has 4 heteroatoms. The molecule has 1 saturated heterocycles. The van der Waals surface area contributed by atoms with Crippen LogP contribution in [0.15, 0.2) is 18.2 Å². The minimum absolute atomic E-state index is 0.00519. The summed E-state index contributed by atoms with van der Waals surface area (Å²) >= 11 is 0. The average molecular weight is 254 g/mol. The zero-order valence-electron chi connectivity index (χ0n) is 10.7. The van der Waals surface area contributed by atoms with Gasteiger partial charge < -0.3 is 14.6 Å². The van der Waals surface area contributed by atoms with Crippen molar-refractivity contribution in [3.05, 3.63) is 29.6 Å². The maximum Gasteiger partial charge on any atom is 0.170 e. The maximum absolute atomic E-state index is 14.1. The summed E-state index contributed by atoms with van der Waals surface area (Å²) in [6.07, 6.45) is 0.752. The lowest BCUT2D eigenvalue weighted by Crippen LogP contribution is -2.22. The predicted octanol–water partition coefficient (Wildman–Crippen LogP) is 2.68. The van der Waals surface area contributed by atoms with E-state index >= 15 is 0 Å². The molecule has 0 aromatic heterocycles. The molecule has 0 aliphatic carbocycles. The number of benzene rings is 1. The van der Waals surface area contributed by atoms with Crippen LogP contribution in [0, 0.1) is 11.7 Å². The number of aliphatic hydroxyl groups is 1. The zero-order valence-corrected chi connectivity index (χ0v) is 10.7. The predicted molar refractivity (Wildman–Crippen MR) is 66.0 cm³/mol. The van der Waals surface area contributed by atoms with Gasteiger partial charge in [0.1, 0.15) is 0 Å². The molecule has 1 aliphatic rings. The van der Waals surface area contributed by atoms with E-state index < -0.39 is 11.9 Å². The topological polar surface area (TPSA) is 38.7 Å². The Morgan fingerprint density at radius 1 is 1.56 bits per heavy atom. The Hall–Kier alpha value is -1.13. The highest BCUT2D eigenvalue weighted by molar-refractivity contribution is 5.32. The van der Waals surface area contributed by atoms with Crippen molar-refractivity contribution in [2.45, 2.75) is 32.0 Å². The van der Waals surface area contributed by atoms with E-state index in [1.807, 2.05) is 6.92 Å². The van der Waals surface area contributed by atoms with E-state index in [0.717, 1.165) is 12.8 Å². The first kappa shape index (κ1) is 13.3. The third-order valence-electron chi connectivity index (χ3n) is 3.60. The number of aliphatic hydroxyl groups excluding tert-OH is 1. The van der Waals surface area contributed by atoms with Gasteiger partial charge in [-0.1, -0.05) is 19.1 Å². The van der Waals surface area contributed by atoms with Crippen LogP contribution >= 0.6 is 0 Å². The van der Waals surface area contributed by atoms with E-state index in [-0.39, 0.29) is 17.8 Å². The number of methoxy groups -OCH3 is 1. The van der Waals surface area contributed by atoms with E-state index in [9.17, 15) is 9.50 Å². The fourth-order valence-corrected chi connectivity index (χ4v) is 2.59. The summed E-state index contributed by atoms with van der Waals surface area (Å²) in [5.41, 5.74) is 0.295. The normalized spacial score (nSPS) is 25.1. The second-order valence-electron chi connectivity index (χ2n) is 4.58. The molecule has 1 aromatic carbocycles. The van der Waals surface area contributed by atoms with Gasteiger partial charge in [0.2, 0.25) is 0 Å².